The fraction of sp³-hybridized carbons (Fsp3) is 0.389. The van der Waals surface area contributed by atoms with Crippen LogP contribution in [0, 0.1) is 6.92 Å². The second-order valence-corrected chi connectivity index (χ2v) is 5.76. The third-order valence-corrected chi connectivity index (χ3v) is 4.16. The van der Waals surface area contributed by atoms with Gasteiger partial charge in [-0.2, -0.15) is 0 Å². The molecule has 1 aromatic heterocycles. The summed E-state index contributed by atoms with van der Waals surface area (Å²) >= 11 is 0. The molecule has 0 unspecified atom stereocenters. The number of anilines is 1. The smallest absolute Gasteiger partial charge is 0.253 e. The summed E-state index contributed by atoms with van der Waals surface area (Å²) in [6, 6.07) is 5.62. The first-order valence-corrected chi connectivity index (χ1v) is 8.22. The number of aryl methyl sites for hydroxylation is 1. The number of carbonyl (C=O) groups excluding carboxylic acids is 1. The Morgan fingerprint density at radius 2 is 2.00 bits per heavy atom. The van der Waals surface area contributed by atoms with Crippen LogP contribution in [0.2, 0.25) is 0 Å². The van der Waals surface area contributed by atoms with Crippen LogP contribution in [0.5, 0.6) is 5.75 Å². The van der Waals surface area contributed by atoms with Gasteiger partial charge in [-0.3, -0.25) is 9.78 Å². The highest BCUT2D eigenvalue weighted by atomic mass is 16.5. The molecule has 3 rings (SSSR count). The van der Waals surface area contributed by atoms with Crippen molar-refractivity contribution in [2.75, 3.05) is 37.7 Å². The van der Waals surface area contributed by atoms with Crippen molar-refractivity contribution in [2.45, 2.75) is 13.8 Å². The minimum atomic E-state index is 0.0694. The Morgan fingerprint density at radius 3 is 2.62 bits per heavy atom. The van der Waals surface area contributed by atoms with Crippen LogP contribution in [0.25, 0.3) is 0 Å². The van der Waals surface area contributed by atoms with Crippen LogP contribution in [0.3, 0.4) is 0 Å². The number of hydrogen-bond donors (Lipinski definition) is 0. The SMILES string of the molecule is CCOc1ccc(C(=O)N2CCN(c3cnccn3)CC2)cc1C. The molecule has 1 amide bonds. The van der Waals surface area contributed by atoms with Crippen LogP contribution in [0.4, 0.5) is 5.82 Å². The molecule has 0 saturated carbocycles. The van der Waals surface area contributed by atoms with Crippen molar-refractivity contribution >= 4 is 11.7 Å². The van der Waals surface area contributed by atoms with Gasteiger partial charge in [0.15, 0.2) is 0 Å². The number of nitrogens with zero attached hydrogens (tertiary/aromatic N) is 4. The van der Waals surface area contributed by atoms with Gasteiger partial charge in [0.05, 0.1) is 12.8 Å². The second-order valence-electron chi connectivity index (χ2n) is 5.76. The van der Waals surface area contributed by atoms with Crippen LogP contribution in [-0.2, 0) is 0 Å². The van der Waals surface area contributed by atoms with Gasteiger partial charge >= 0.3 is 0 Å². The van der Waals surface area contributed by atoms with Crippen molar-refractivity contribution in [3.05, 3.63) is 47.9 Å². The summed E-state index contributed by atoms with van der Waals surface area (Å²) in [4.78, 5) is 25.2. The molecule has 0 radical (unpaired) electrons. The Hall–Kier alpha value is -2.63. The number of hydrogen-bond acceptors (Lipinski definition) is 5. The molecule has 24 heavy (non-hydrogen) atoms. The lowest BCUT2D eigenvalue weighted by atomic mass is 10.1. The fourth-order valence-corrected chi connectivity index (χ4v) is 2.88. The second kappa shape index (κ2) is 7.29. The molecule has 1 aliphatic rings. The first kappa shape index (κ1) is 16.2. The number of carbonyl (C=O) groups is 1. The van der Waals surface area contributed by atoms with E-state index in [4.69, 9.17) is 4.74 Å². The summed E-state index contributed by atoms with van der Waals surface area (Å²) in [5.41, 5.74) is 1.70. The van der Waals surface area contributed by atoms with Crippen molar-refractivity contribution < 1.29 is 9.53 Å². The van der Waals surface area contributed by atoms with Gasteiger partial charge in [-0.1, -0.05) is 0 Å². The maximum atomic E-state index is 12.7. The molecule has 0 N–H and O–H groups in total. The highest BCUT2D eigenvalue weighted by Crippen LogP contribution is 2.21. The Labute approximate surface area is 142 Å². The number of ether oxygens (including phenoxy) is 1. The molecule has 2 aromatic rings. The van der Waals surface area contributed by atoms with Crippen LogP contribution in [0.1, 0.15) is 22.8 Å². The molecule has 2 heterocycles. The molecular formula is C18H22N4O2. The zero-order valence-electron chi connectivity index (χ0n) is 14.1. The average molecular weight is 326 g/mol. The van der Waals surface area contributed by atoms with E-state index in [1.54, 1.807) is 18.6 Å². The largest absolute Gasteiger partial charge is 0.494 e. The van der Waals surface area contributed by atoms with Gasteiger partial charge in [0.25, 0.3) is 5.91 Å². The molecule has 6 nitrogen and oxygen atoms in total. The zero-order valence-corrected chi connectivity index (χ0v) is 14.1. The first-order chi connectivity index (χ1) is 11.7. The standard InChI is InChI=1S/C18H22N4O2/c1-3-24-16-5-4-15(12-14(16)2)18(23)22-10-8-21(9-11-22)17-13-19-6-7-20-17/h4-7,12-13H,3,8-11H2,1-2H3. The lowest BCUT2D eigenvalue weighted by Crippen LogP contribution is -2.49. The fourth-order valence-electron chi connectivity index (χ4n) is 2.88. The number of benzene rings is 1. The van der Waals surface area contributed by atoms with Gasteiger partial charge in [0, 0.05) is 44.1 Å². The van der Waals surface area contributed by atoms with Crippen molar-refractivity contribution in [2.24, 2.45) is 0 Å². The lowest BCUT2D eigenvalue weighted by Gasteiger charge is -2.35. The molecule has 0 atom stereocenters. The summed E-state index contributed by atoms with van der Waals surface area (Å²) < 4.78 is 5.54. The minimum absolute atomic E-state index is 0.0694. The molecule has 1 saturated heterocycles. The summed E-state index contributed by atoms with van der Waals surface area (Å²) in [5.74, 6) is 1.77. The van der Waals surface area contributed by atoms with E-state index in [1.165, 1.54) is 0 Å². The van der Waals surface area contributed by atoms with Crippen LogP contribution in [-0.4, -0.2) is 53.6 Å². The third kappa shape index (κ3) is 3.48. The van der Waals surface area contributed by atoms with E-state index in [2.05, 4.69) is 14.9 Å². The predicted octanol–water partition coefficient (Wildman–Crippen LogP) is 2.15. The molecule has 0 bridgehead atoms. The number of piperazine rings is 1. The maximum absolute atomic E-state index is 12.7. The molecule has 1 fully saturated rings. The van der Waals surface area contributed by atoms with Crippen molar-refractivity contribution in [1.29, 1.82) is 0 Å². The molecule has 1 aliphatic heterocycles. The number of aromatic nitrogens is 2. The lowest BCUT2D eigenvalue weighted by molar-refractivity contribution is 0.0746. The summed E-state index contributed by atoms with van der Waals surface area (Å²) in [5, 5.41) is 0. The van der Waals surface area contributed by atoms with Crippen LogP contribution in [0.15, 0.2) is 36.8 Å². The monoisotopic (exact) mass is 326 g/mol. The van der Waals surface area contributed by atoms with E-state index in [-0.39, 0.29) is 5.91 Å². The van der Waals surface area contributed by atoms with Gasteiger partial charge in [-0.05, 0) is 37.6 Å². The van der Waals surface area contributed by atoms with Gasteiger partial charge < -0.3 is 14.5 Å². The summed E-state index contributed by atoms with van der Waals surface area (Å²) in [6.07, 6.45) is 5.11. The maximum Gasteiger partial charge on any atom is 0.253 e. The average Bonchev–Trinajstić information content (AvgIpc) is 2.64. The first-order valence-electron chi connectivity index (χ1n) is 8.22. The van der Waals surface area contributed by atoms with Crippen molar-refractivity contribution in [3.63, 3.8) is 0 Å². The molecule has 0 aliphatic carbocycles. The molecule has 1 aromatic carbocycles. The summed E-state index contributed by atoms with van der Waals surface area (Å²) in [6.45, 7) is 7.44. The van der Waals surface area contributed by atoms with E-state index in [1.807, 2.05) is 36.9 Å². The van der Waals surface area contributed by atoms with E-state index in [9.17, 15) is 4.79 Å². The van der Waals surface area contributed by atoms with E-state index in [0.717, 1.165) is 30.2 Å². The Bertz CT molecular complexity index is 697. The van der Waals surface area contributed by atoms with Gasteiger partial charge in [-0.15, -0.1) is 0 Å². The quantitative estimate of drug-likeness (QED) is 0.861. The predicted molar refractivity (Wildman–Crippen MR) is 92.5 cm³/mol. The molecular weight excluding hydrogens is 304 g/mol. The molecule has 0 spiro atoms. The topological polar surface area (TPSA) is 58.6 Å². The van der Waals surface area contributed by atoms with Gasteiger partial charge in [-0.25, -0.2) is 4.98 Å². The van der Waals surface area contributed by atoms with E-state index >= 15 is 0 Å². The van der Waals surface area contributed by atoms with Gasteiger partial charge in [0.2, 0.25) is 0 Å². The Kier molecular flexibility index (Phi) is 4.93. The number of amides is 1. The van der Waals surface area contributed by atoms with Crippen LogP contribution >= 0.6 is 0 Å². The molecule has 126 valence electrons. The number of rotatable bonds is 4. The van der Waals surface area contributed by atoms with Gasteiger partial charge in [0.1, 0.15) is 11.6 Å². The minimum Gasteiger partial charge on any atom is -0.494 e. The highest BCUT2D eigenvalue weighted by molar-refractivity contribution is 5.94. The highest BCUT2D eigenvalue weighted by Gasteiger charge is 2.23. The Balaban J connectivity index is 1.64. The Morgan fingerprint density at radius 1 is 1.21 bits per heavy atom. The van der Waals surface area contributed by atoms with E-state index in [0.29, 0.717) is 25.3 Å². The zero-order chi connectivity index (χ0) is 16.9. The third-order valence-electron chi connectivity index (χ3n) is 4.16. The molecule has 6 heteroatoms. The normalized spacial score (nSPS) is 14.6. The van der Waals surface area contributed by atoms with Crippen molar-refractivity contribution in [3.8, 4) is 5.75 Å². The van der Waals surface area contributed by atoms with Crippen molar-refractivity contribution in [1.82, 2.24) is 14.9 Å². The van der Waals surface area contributed by atoms with Crippen LogP contribution < -0.4 is 9.64 Å². The van der Waals surface area contributed by atoms with E-state index < -0.39 is 0 Å². The summed E-state index contributed by atoms with van der Waals surface area (Å²) in [7, 11) is 0.